The van der Waals surface area contributed by atoms with Gasteiger partial charge in [-0.3, -0.25) is 4.79 Å². The normalized spacial score (nSPS) is 9.23. The van der Waals surface area contributed by atoms with Crippen LogP contribution in [0.15, 0.2) is 73.6 Å². The molecule has 0 heterocycles. The number of hydrogen-bond acceptors (Lipinski definition) is 4. The number of hydrogen-bond donors (Lipinski definition) is 4. The number of rotatable bonds is 8. The van der Waals surface area contributed by atoms with Crippen LogP contribution in [0.1, 0.15) is 44.4 Å². The third-order valence-electron chi connectivity index (χ3n) is 3.94. The lowest BCUT2D eigenvalue weighted by molar-refractivity contribution is -0.106. The average molecular weight is 427 g/mol. The summed E-state index contributed by atoms with van der Waals surface area (Å²) in [6.07, 6.45) is 5.28. The number of nitrogens with two attached hydrogens (primary N) is 1. The molecule has 0 saturated heterocycles. The van der Waals surface area contributed by atoms with Crippen molar-refractivity contribution >= 4 is 18.2 Å². The van der Waals surface area contributed by atoms with Crippen molar-refractivity contribution in [3.8, 4) is 0 Å². The van der Waals surface area contributed by atoms with Gasteiger partial charge < -0.3 is 21.8 Å². The van der Waals surface area contributed by atoms with Crippen molar-refractivity contribution in [3.63, 3.8) is 0 Å². The van der Waals surface area contributed by atoms with E-state index in [0.29, 0.717) is 5.92 Å². The van der Waals surface area contributed by atoms with Gasteiger partial charge in [-0.05, 0) is 64.6 Å². The van der Waals surface area contributed by atoms with Gasteiger partial charge in [0.05, 0.1) is 0 Å². The Labute approximate surface area is 190 Å². The van der Waals surface area contributed by atoms with Crippen molar-refractivity contribution in [1.29, 1.82) is 5.41 Å². The molecule has 1 aromatic carbocycles. The second kappa shape index (κ2) is 20.0. The largest absolute Gasteiger partial charge is 0.394 e. The maximum atomic E-state index is 8.58. The van der Waals surface area contributed by atoms with E-state index in [4.69, 9.17) is 10.2 Å². The number of allylic oxidation sites excluding steroid dienone is 4. The van der Waals surface area contributed by atoms with Crippen LogP contribution in [0.3, 0.4) is 0 Å². The molecule has 5 N–H and O–H groups in total. The maximum absolute atomic E-state index is 8.58. The average Bonchev–Trinajstić information content (AvgIpc) is 2.77. The molecule has 0 aliphatic rings. The Morgan fingerprint density at radius 2 is 1.65 bits per heavy atom. The number of likely N-dealkylation sites (N-methyl/N-ethyl adjacent to an activating group) is 1. The second-order valence-corrected chi connectivity index (χ2v) is 6.33. The van der Waals surface area contributed by atoms with E-state index in [9.17, 15) is 0 Å². The summed E-state index contributed by atoms with van der Waals surface area (Å²) < 4.78 is 0. The summed E-state index contributed by atoms with van der Waals surface area (Å²) in [4.78, 5) is 8.58. The number of carbonyl (C=O) groups excluding carboxylic acids is 1. The molecule has 5 heteroatoms. The first-order chi connectivity index (χ1) is 14.6. The molecular weight excluding hydrogens is 384 g/mol. The first-order valence-electron chi connectivity index (χ1n) is 10.2. The van der Waals surface area contributed by atoms with Gasteiger partial charge in [0.25, 0.3) is 0 Å². The molecule has 0 atom stereocenters. The zero-order valence-electron chi connectivity index (χ0n) is 20.4. The molecule has 0 aromatic heterocycles. The molecule has 5 nitrogen and oxygen atoms in total. The third kappa shape index (κ3) is 13.5. The lowest BCUT2D eigenvalue weighted by Gasteiger charge is -2.17. The number of primary amides is 1. The highest BCUT2D eigenvalue weighted by Crippen LogP contribution is 2.27. The molecular formula is C26H42N4O. The summed E-state index contributed by atoms with van der Waals surface area (Å²) >= 11 is 0. The van der Waals surface area contributed by atoms with Gasteiger partial charge in [-0.25, -0.2) is 0 Å². The monoisotopic (exact) mass is 426 g/mol. The van der Waals surface area contributed by atoms with E-state index in [-0.39, 0.29) is 6.41 Å². The van der Waals surface area contributed by atoms with Gasteiger partial charge in [0, 0.05) is 26.0 Å². The first kappa shape index (κ1) is 32.3. The molecule has 0 bridgehead atoms. The Bertz CT molecular complexity index is 759. The van der Waals surface area contributed by atoms with Crippen LogP contribution < -0.4 is 16.4 Å². The van der Waals surface area contributed by atoms with E-state index in [2.05, 4.69) is 62.6 Å². The molecule has 31 heavy (non-hydrogen) atoms. The van der Waals surface area contributed by atoms with Crippen LogP contribution in [-0.2, 0) is 4.79 Å². The highest BCUT2D eigenvalue weighted by molar-refractivity contribution is 5.84. The Morgan fingerprint density at radius 1 is 1.16 bits per heavy atom. The van der Waals surface area contributed by atoms with E-state index >= 15 is 0 Å². The Hall–Kier alpha value is -3.34. The molecule has 1 amide bonds. The summed E-state index contributed by atoms with van der Waals surface area (Å²) in [5.41, 5.74) is 11.0. The van der Waals surface area contributed by atoms with Crippen LogP contribution >= 0.6 is 0 Å². The fraction of sp³-hybridized carbons (Fsp3) is 0.308. The summed E-state index contributed by atoms with van der Waals surface area (Å²) in [7, 11) is 3.68. The minimum Gasteiger partial charge on any atom is -0.394 e. The fourth-order valence-electron chi connectivity index (χ4n) is 2.31. The standard InChI is InChI=1S/C20H26N2.C3H7N.C2H6.CH3NO/c1-13(2)20(17(6)22-7)11-14(3)16(5)19-9-8-18(12-21)10-15(19)4;1-3-4-2;1-2;2-1-3/h8-13,21-22H,3,5-6H2,1-2,4,7H3;3-4H,1H2,2H3;1-2H3;1H,(H2,2,3)/b20-11-,21-12?;;;. The van der Waals surface area contributed by atoms with Crippen LogP contribution in [0, 0.1) is 18.3 Å². The number of nitrogens with one attached hydrogen (secondary N) is 3. The van der Waals surface area contributed by atoms with E-state index in [1.54, 1.807) is 6.20 Å². The van der Waals surface area contributed by atoms with Crippen LogP contribution in [-0.4, -0.2) is 26.7 Å². The van der Waals surface area contributed by atoms with Crippen molar-refractivity contribution in [2.75, 3.05) is 14.1 Å². The Kier molecular flexibility index (Phi) is 20.8. The topological polar surface area (TPSA) is 91.0 Å². The molecule has 0 spiro atoms. The summed E-state index contributed by atoms with van der Waals surface area (Å²) in [5.74, 6) is 0.353. The molecule has 1 aromatic rings. The molecule has 0 aliphatic heterocycles. The smallest absolute Gasteiger partial charge is 0.204 e. The maximum Gasteiger partial charge on any atom is 0.204 e. The molecule has 0 unspecified atom stereocenters. The molecule has 0 radical (unpaired) electrons. The summed E-state index contributed by atoms with van der Waals surface area (Å²) in [6.45, 7) is 26.1. The van der Waals surface area contributed by atoms with Crippen molar-refractivity contribution in [2.45, 2.75) is 34.6 Å². The molecule has 172 valence electrons. The highest BCUT2D eigenvalue weighted by Gasteiger charge is 2.10. The summed E-state index contributed by atoms with van der Waals surface area (Å²) in [5, 5.41) is 13.1. The highest BCUT2D eigenvalue weighted by atomic mass is 16.1. The van der Waals surface area contributed by atoms with Crippen molar-refractivity contribution in [1.82, 2.24) is 10.6 Å². The number of carbonyl (C=O) groups is 1. The van der Waals surface area contributed by atoms with Crippen molar-refractivity contribution < 1.29 is 4.79 Å². The zero-order chi connectivity index (χ0) is 25.0. The first-order valence-corrected chi connectivity index (χ1v) is 10.2. The summed E-state index contributed by atoms with van der Waals surface area (Å²) in [6, 6.07) is 5.91. The van der Waals surface area contributed by atoms with Crippen LogP contribution in [0.2, 0.25) is 0 Å². The van der Waals surface area contributed by atoms with Gasteiger partial charge in [-0.2, -0.15) is 0 Å². The molecule has 0 aliphatic carbocycles. The Balaban J connectivity index is -0.000000745. The Morgan fingerprint density at radius 3 is 1.97 bits per heavy atom. The van der Waals surface area contributed by atoms with Gasteiger partial charge in [-0.1, -0.05) is 66.1 Å². The number of aryl methyl sites for hydroxylation is 1. The van der Waals surface area contributed by atoms with Crippen LogP contribution in [0.25, 0.3) is 5.57 Å². The van der Waals surface area contributed by atoms with Crippen molar-refractivity contribution in [3.05, 3.63) is 90.3 Å². The van der Waals surface area contributed by atoms with Gasteiger partial charge in [0.2, 0.25) is 6.41 Å². The van der Waals surface area contributed by atoms with E-state index in [1.807, 2.05) is 53.1 Å². The molecule has 1 rings (SSSR count). The minimum absolute atomic E-state index is 0.250. The third-order valence-corrected chi connectivity index (χ3v) is 3.94. The number of amides is 1. The van der Waals surface area contributed by atoms with E-state index in [0.717, 1.165) is 39.1 Å². The van der Waals surface area contributed by atoms with E-state index in [1.165, 1.54) is 6.21 Å². The number of benzene rings is 1. The van der Waals surface area contributed by atoms with Crippen molar-refractivity contribution in [2.24, 2.45) is 11.7 Å². The quantitative estimate of drug-likeness (QED) is 0.256. The second-order valence-electron chi connectivity index (χ2n) is 6.33. The van der Waals surface area contributed by atoms with Gasteiger partial charge >= 0.3 is 0 Å². The van der Waals surface area contributed by atoms with Crippen LogP contribution in [0.5, 0.6) is 0 Å². The fourth-order valence-corrected chi connectivity index (χ4v) is 2.31. The minimum atomic E-state index is 0.250. The van der Waals surface area contributed by atoms with Gasteiger partial charge in [-0.15, -0.1) is 0 Å². The van der Waals surface area contributed by atoms with E-state index < -0.39 is 0 Å². The molecule has 0 fully saturated rings. The van der Waals surface area contributed by atoms with Gasteiger partial charge in [0.1, 0.15) is 0 Å². The SMILES string of the molecule is C=C(/C=C(\C(=C)NC)C(C)C)C(=C)c1ccc(C=N)cc1C.C=CNC.CC.NC=O. The zero-order valence-corrected chi connectivity index (χ0v) is 20.4. The van der Waals surface area contributed by atoms with Crippen LogP contribution in [0.4, 0.5) is 0 Å². The lowest BCUT2D eigenvalue weighted by Crippen LogP contribution is -2.11. The predicted octanol–water partition coefficient (Wildman–Crippen LogP) is 5.35. The van der Waals surface area contributed by atoms with Gasteiger partial charge in [0.15, 0.2) is 0 Å². The predicted molar refractivity (Wildman–Crippen MR) is 139 cm³/mol. The molecule has 0 saturated carbocycles. The lowest BCUT2D eigenvalue weighted by atomic mass is 9.91.